The molecule has 0 bridgehead atoms. The van der Waals surface area contributed by atoms with E-state index in [1.54, 1.807) is 13.8 Å². The van der Waals surface area contributed by atoms with Gasteiger partial charge in [-0.15, -0.1) is 0 Å². The average Bonchev–Trinajstić information content (AvgIpc) is 3.72. The van der Waals surface area contributed by atoms with Crippen LogP contribution < -0.4 is 32.5 Å². The highest BCUT2D eigenvalue weighted by Gasteiger charge is 2.44. The van der Waals surface area contributed by atoms with Crippen LogP contribution in [0.3, 0.4) is 0 Å². The van der Waals surface area contributed by atoms with Gasteiger partial charge in [0.25, 0.3) is 0 Å². The third-order valence-corrected chi connectivity index (χ3v) is 12.1. The maximum Gasteiger partial charge on any atom is 0.315 e. The lowest BCUT2D eigenvalue weighted by Crippen LogP contribution is -3.00. The fraction of sp³-hybridized carbons (Fsp3) is 0.512. The van der Waals surface area contributed by atoms with Crippen molar-refractivity contribution in [2.24, 2.45) is 0 Å². The summed E-state index contributed by atoms with van der Waals surface area (Å²) in [4.78, 5) is 35.8. The summed E-state index contributed by atoms with van der Waals surface area (Å²) in [5.41, 5.74) is 7.86. The van der Waals surface area contributed by atoms with Crippen LogP contribution in [-0.2, 0) is 20.4 Å². The Labute approximate surface area is 314 Å². The summed E-state index contributed by atoms with van der Waals surface area (Å²) in [6.07, 6.45) is 13.3. The predicted octanol–water partition coefficient (Wildman–Crippen LogP) is 5.00. The number of unbranched alkanes of at least 4 members (excludes halogenated alkanes) is 2. The number of amides is 2. The summed E-state index contributed by atoms with van der Waals surface area (Å²) in [6.45, 7) is 13.5. The summed E-state index contributed by atoms with van der Waals surface area (Å²) < 4.78 is 2.32. The van der Waals surface area contributed by atoms with Crippen molar-refractivity contribution in [2.75, 3.05) is 24.2 Å². The fourth-order valence-electron chi connectivity index (χ4n) is 7.92. The summed E-state index contributed by atoms with van der Waals surface area (Å²) in [5.74, 6) is 1.56. The Morgan fingerprint density at radius 1 is 0.900 bits per heavy atom. The van der Waals surface area contributed by atoms with E-state index in [1.165, 1.54) is 33.9 Å². The van der Waals surface area contributed by atoms with Crippen LogP contribution >= 0.6 is 11.8 Å². The number of benzene rings is 2. The zero-order valence-corrected chi connectivity index (χ0v) is 33.3. The number of nitrogens with one attached hydrogen (secondary N) is 2. The molecular weight excluding hydrogens is 708 g/mol. The van der Waals surface area contributed by atoms with Crippen LogP contribution in [0.25, 0.3) is 0 Å². The molecule has 2 aromatic carbocycles. The van der Waals surface area contributed by atoms with E-state index in [9.17, 15) is 14.4 Å². The molecule has 4 aliphatic heterocycles. The molecule has 0 aliphatic carbocycles. The zero-order valence-electron chi connectivity index (χ0n) is 30.9. The van der Waals surface area contributed by atoms with Crippen LogP contribution in [0.1, 0.15) is 97.6 Å². The summed E-state index contributed by atoms with van der Waals surface area (Å²) in [7, 11) is 2.16. The minimum absolute atomic E-state index is 0. The minimum Gasteiger partial charge on any atom is -1.00 e. The van der Waals surface area contributed by atoms with E-state index in [0.717, 1.165) is 44.4 Å². The number of fused-ring (bicyclic) bond motifs is 3. The second kappa shape index (κ2) is 16.9. The molecule has 2 N–H and O–H groups in total. The molecule has 0 spiro atoms. The first-order valence-corrected chi connectivity index (χ1v) is 19.0. The molecule has 2 saturated heterocycles. The van der Waals surface area contributed by atoms with Gasteiger partial charge in [-0.2, -0.15) is 16.3 Å². The van der Waals surface area contributed by atoms with Crippen LogP contribution in [-0.4, -0.2) is 64.6 Å². The lowest BCUT2D eigenvalue weighted by molar-refractivity contribution is -0.401. The third-order valence-electron chi connectivity index (χ3n) is 10.6. The van der Waals surface area contributed by atoms with Gasteiger partial charge in [0.05, 0.1) is 17.5 Å². The number of nitrogens with zero attached hydrogens (tertiary/aromatic N) is 2. The molecule has 0 radical (unpaired) electrons. The molecule has 0 saturated carbocycles. The molecule has 50 heavy (non-hydrogen) atoms. The molecule has 6 rings (SSSR count). The van der Waals surface area contributed by atoms with Crippen molar-refractivity contribution < 1.29 is 35.9 Å². The van der Waals surface area contributed by atoms with E-state index in [4.69, 9.17) is 0 Å². The SMILES string of the molecule is CC(=O)CCCCC1SCC2NC(=O)NC21.CC(=O)CCCCN1/C(=C\C=C\C2=[N+](C)c3ccccc3C2(C)C)C(C)(C)c2ccccc21.[Br-]. The molecule has 2 fully saturated rings. The number of carbonyl (C=O) groups is 3. The summed E-state index contributed by atoms with van der Waals surface area (Å²) >= 11 is 1.93. The Bertz CT molecular complexity index is 1660. The second-order valence-corrected chi connectivity index (χ2v) is 16.3. The van der Waals surface area contributed by atoms with Gasteiger partial charge in [0.15, 0.2) is 5.71 Å². The van der Waals surface area contributed by atoms with Gasteiger partial charge < -0.3 is 42.1 Å². The highest BCUT2D eigenvalue weighted by Crippen LogP contribution is 2.48. The van der Waals surface area contributed by atoms with Gasteiger partial charge in [0.1, 0.15) is 18.6 Å². The fourth-order valence-corrected chi connectivity index (χ4v) is 9.46. The zero-order chi connectivity index (χ0) is 35.3. The number of Topliss-reactive ketones (excluding diaryl/α,β-unsaturated/α-hetero) is 2. The Balaban J connectivity index is 0.000000277. The van der Waals surface area contributed by atoms with E-state index >= 15 is 0 Å². The topological polar surface area (TPSA) is 81.5 Å². The number of hydrogen-bond donors (Lipinski definition) is 2. The third kappa shape index (κ3) is 8.64. The van der Waals surface area contributed by atoms with Crippen LogP contribution in [0, 0.1) is 0 Å². The summed E-state index contributed by atoms with van der Waals surface area (Å²) in [5, 5.41) is 6.43. The van der Waals surface area contributed by atoms with Gasteiger partial charge in [0, 0.05) is 64.9 Å². The van der Waals surface area contributed by atoms with Gasteiger partial charge >= 0.3 is 6.03 Å². The Morgan fingerprint density at radius 2 is 1.54 bits per heavy atom. The molecule has 2 aromatic rings. The molecule has 3 unspecified atom stereocenters. The Kier molecular flexibility index (Phi) is 13.4. The highest BCUT2D eigenvalue weighted by molar-refractivity contribution is 8.00. The lowest BCUT2D eigenvalue weighted by Gasteiger charge is -2.27. The van der Waals surface area contributed by atoms with Crippen LogP contribution in [0.15, 0.2) is 72.5 Å². The number of halogens is 1. The maximum absolute atomic E-state index is 11.4. The number of ketones is 2. The van der Waals surface area contributed by atoms with Crippen molar-refractivity contribution in [1.82, 2.24) is 10.6 Å². The number of allylic oxidation sites excluding steroid dienone is 4. The van der Waals surface area contributed by atoms with Gasteiger partial charge in [-0.3, -0.25) is 0 Å². The average molecular weight is 764 g/mol. The molecule has 4 heterocycles. The molecule has 9 heteroatoms. The van der Waals surface area contributed by atoms with E-state index in [0.29, 0.717) is 30.2 Å². The number of hydrogen-bond acceptors (Lipinski definition) is 5. The van der Waals surface area contributed by atoms with Gasteiger partial charge in [-0.1, -0.05) is 62.7 Å². The molecule has 4 aliphatic rings. The van der Waals surface area contributed by atoms with Crippen molar-refractivity contribution in [3.8, 4) is 0 Å². The Hall–Kier alpha value is -3.17. The molecule has 3 atom stereocenters. The van der Waals surface area contributed by atoms with E-state index in [-0.39, 0.29) is 45.4 Å². The molecule has 2 amide bonds. The largest absolute Gasteiger partial charge is 1.00 e. The maximum atomic E-state index is 11.4. The van der Waals surface area contributed by atoms with Gasteiger partial charge in [0.2, 0.25) is 5.69 Å². The minimum atomic E-state index is -0.0633. The predicted molar refractivity (Wildman–Crippen MR) is 204 cm³/mol. The van der Waals surface area contributed by atoms with Crippen molar-refractivity contribution in [3.05, 3.63) is 83.6 Å². The van der Waals surface area contributed by atoms with Crippen molar-refractivity contribution in [2.45, 2.75) is 115 Å². The number of rotatable bonds is 12. The van der Waals surface area contributed by atoms with Crippen molar-refractivity contribution in [1.29, 1.82) is 0 Å². The second-order valence-electron chi connectivity index (χ2n) is 15.0. The number of para-hydroxylation sites is 2. The van der Waals surface area contributed by atoms with Gasteiger partial charge in [-0.25, -0.2) is 4.79 Å². The first kappa shape index (κ1) is 39.6. The van der Waals surface area contributed by atoms with Crippen molar-refractivity contribution >= 4 is 46.4 Å². The normalized spacial score (nSPS) is 23.1. The molecular formula is C41H55BrN4O3S. The first-order valence-electron chi connectivity index (χ1n) is 18.0. The smallest absolute Gasteiger partial charge is 0.315 e. The van der Waals surface area contributed by atoms with Crippen LogP contribution in [0.4, 0.5) is 16.2 Å². The van der Waals surface area contributed by atoms with E-state index in [2.05, 4.69) is 122 Å². The standard InChI is InChI=1S/C30H37N2O.C11H18N2O2S.BrH/c1-22(33)14-11-12-21-32-26-18-10-8-16-24(26)30(4,5)28(32)20-13-19-27-29(2,3)23-15-7-9-17-25(23)31(27)6;1-7(14)4-2-3-5-9-10-8(6-16-9)12-11(15)13-10;/h7-10,13,15-20H,11-12,14,21H2,1-6H3;8-10H,2-6H2,1H3,(H2,12,13,15);1H/q+1;;/p-1. The number of urea groups is 1. The lowest BCUT2D eigenvalue weighted by atomic mass is 9.81. The highest BCUT2D eigenvalue weighted by atomic mass is 79.9. The number of anilines is 1. The quantitative estimate of drug-likeness (QED) is 0.181. The molecule has 7 nitrogen and oxygen atoms in total. The molecule has 270 valence electrons. The Morgan fingerprint density at radius 3 is 2.22 bits per heavy atom. The monoisotopic (exact) mass is 762 g/mol. The van der Waals surface area contributed by atoms with E-state index < -0.39 is 0 Å². The van der Waals surface area contributed by atoms with Gasteiger partial charge in [-0.05, 0) is 71.1 Å². The molecule has 0 aromatic heterocycles. The van der Waals surface area contributed by atoms with Crippen LogP contribution in [0.2, 0.25) is 0 Å². The first-order chi connectivity index (χ1) is 23.3. The summed E-state index contributed by atoms with van der Waals surface area (Å²) in [6, 6.07) is 18.0. The van der Waals surface area contributed by atoms with Crippen LogP contribution in [0.5, 0.6) is 0 Å². The number of carbonyl (C=O) groups excluding carboxylic acids is 3. The van der Waals surface area contributed by atoms with E-state index in [1.807, 2.05) is 11.8 Å². The van der Waals surface area contributed by atoms with Crippen molar-refractivity contribution in [3.63, 3.8) is 0 Å². The number of thioether (sulfide) groups is 1.